The third-order valence-corrected chi connectivity index (χ3v) is 4.56. The molecule has 0 aliphatic carbocycles. The van der Waals surface area contributed by atoms with Gasteiger partial charge in [-0.3, -0.25) is 0 Å². The van der Waals surface area contributed by atoms with Crippen molar-refractivity contribution >= 4 is 18.2 Å². The Kier molecular flexibility index (Phi) is 9.72. The second kappa shape index (κ2) is 12.5. The first-order valence-electron chi connectivity index (χ1n) is 10.7. The Labute approximate surface area is 194 Å². The third kappa shape index (κ3) is 9.64. The molecule has 0 aromatic heterocycles. The number of methoxy groups -OCH3 is 1. The van der Waals surface area contributed by atoms with Crippen LogP contribution in [0.5, 0.6) is 0 Å². The van der Waals surface area contributed by atoms with Crippen LogP contribution in [0.1, 0.15) is 31.9 Å². The van der Waals surface area contributed by atoms with Crippen LogP contribution in [0.4, 0.5) is 9.59 Å². The van der Waals surface area contributed by atoms with Crippen molar-refractivity contribution in [2.24, 2.45) is 0 Å². The number of hydrogen-bond acceptors (Lipinski definition) is 6. The predicted molar refractivity (Wildman–Crippen MR) is 124 cm³/mol. The fourth-order valence-corrected chi connectivity index (χ4v) is 2.94. The quantitative estimate of drug-likeness (QED) is 0.454. The van der Waals surface area contributed by atoms with E-state index in [1.54, 1.807) is 20.8 Å². The molecule has 0 unspecified atom stereocenters. The monoisotopic (exact) mass is 456 g/mol. The number of ether oxygens (including phenoxy) is 3. The molecule has 0 heterocycles. The lowest BCUT2D eigenvalue weighted by Gasteiger charge is -2.29. The molecular formula is C25H32N2O6. The van der Waals surface area contributed by atoms with E-state index in [0.29, 0.717) is 6.42 Å². The molecule has 2 aromatic rings. The minimum atomic E-state index is -1.12. The molecule has 0 saturated carbocycles. The smallest absolute Gasteiger partial charge is 0.410 e. The van der Waals surface area contributed by atoms with Crippen molar-refractivity contribution < 1.29 is 28.6 Å². The highest BCUT2D eigenvalue weighted by atomic mass is 16.6. The first-order valence-corrected chi connectivity index (χ1v) is 10.7. The lowest BCUT2D eigenvalue weighted by molar-refractivity contribution is -0.143. The summed E-state index contributed by atoms with van der Waals surface area (Å²) in [6.45, 7) is 5.48. The van der Waals surface area contributed by atoms with Crippen molar-refractivity contribution in [3.05, 3.63) is 71.8 Å². The molecule has 2 aromatic carbocycles. The first kappa shape index (κ1) is 25.7. The molecule has 1 atom stereocenters. The summed E-state index contributed by atoms with van der Waals surface area (Å²) in [4.78, 5) is 38.9. The Balaban J connectivity index is 2.07. The van der Waals surface area contributed by atoms with E-state index in [2.05, 4.69) is 5.32 Å². The minimum Gasteiger partial charge on any atom is -0.467 e. The van der Waals surface area contributed by atoms with Crippen LogP contribution in [0.2, 0.25) is 0 Å². The van der Waals surface area contributed by atoms with Crippen molar-refractivity contribution in [1.29, 1.82) is 0 Å². The van der Waals surface area contributed by atoms with Crippen molar-refractivity contribution in [3.8, 4) is 0 Å². The summed E-state index contributed by atoms with van der Waals surface area (Å²) in [7, 11) is 1.22. The van der Waals surface area contributed by atoms with Crippen LogP contribution in [-0.2, 0) is 32.0 Å². The van der Waals surface area contributed by atoms with Crippen molar-refractivity contribution in [2.75, 3.05) is 20.2 Å². The highest BCUT2D eigenvalue weighted by Gasteiger charge is 2.30. The second-order valence-corrected chi connectivity index (χ2v) is 8.44. The van der Waals surface area contributed by atoms with Gasteiger partial charge in [-0.15, -0.1) is 0 Å². The average molecular weight is 457 g/mol. The maximum Gasteiger partial charge on any atom is 0.410 e. The van der Waals surface area contributed by atoms with E-state index >= 15 is 0 Å². The Morgan fingerprint density at radius 2 is 1.52 bits per heavy atom. The highest BCUT2D eigenvalue weighted by molar-refractivity contribution is 5.82. The number of nitrogens with zero attached hydrogens (tertiary/aromatic N) is 1. The third-order valence-electron chi connectivity index (χ3n) is 4.56. The summed E-state index contributed by atoms with van der Waals surface area (Å²) in [6.07, 6.45) is -0.833. The zero-order valence-corrected chi connectivity index (χ0v) is 19.6. The maximum absolute atomic E-state index is 12.8. The Bertz CT molecular complexity index is 896. The van der Waals surface area contributed by atoms with Crippen LogP contribution < -0.4 is 5.32 Å². The van der Waals surface area contributed by atoms with Crippen LogP contribution >= 0.6 is 0 Å². The van der Waals surface area contributed by atoms with Gasteiger partial charge in [-0.1, -0.05) is 60.7 Å². The summed E-state index contributed by atoms with van der Waals surface area (Å²) in [5.41, 5.74) is 1.11. The number of carbonyl (C=O) groups is 3. The molecule has 1 N–H and O–H groups in total. The van der Waals surface area contributed by atoms with Crippen molar-refractivity contribution in [2.45, 2.75) is 45.4 Å². The minimum absolute atomic E-state index is 0.0460. The van der Waals surface area contributed by atoms with Crippen LogP contribution in [0.25, 0.3) is 0 Å². The van der Waals surface area contributed by atoms with Crippen LogP contribution in [0, 0.1) is 0 Å². The molecule has 2 amide bonds. The number of hydrogen-bond donors (Lipinski definition) is 1. The lowest BCUT2D eigenvalue weighted by atomic mass is 10.1. The van der Waals surface area contributed by atoms with Gasteiger partial charge < -0.3 is 24.4 Å². The molecule has 0 saturated heterocycles. The van der Waals surface area contributed by atoms with Crippen LogP contribution in [0.15, 0.2) is 60.7 Å². The van der Waals surface area contributed by atoms with Gasteiger partial charge in [-0.25, -0.2) is 14.4 Å². The fourth-order valence-electron chi connectivity index (χ4n) is 2.94. The van der Waals surface area contributed by atoms with Gasteiger partial charge in [0.15, 0.2) is 0 Å². The standard InChI is InChI=1S/C25H32N2O6/c1-25(2,3)33-24(30)27(16-15-19-11-7-5-8-12-19)17-21(22(28)31-4)26-23(29)32-18-20-13-9-6-10-14-20/h5-14,21H,15-18H2,1-4H3,(H,26,29)/t21-/m0/s1. The molecular weight excluding hydrogens is 424 g/mol. The second-order valence-electron chi connectivity index (χ2n) is 8.44. The van der Waals surface area contributed by atoms with Gasteiger partial charge in [0, 0.05) is 6.54 Å². The van der Waals surface area contributed by atoms with Crippen molar-refractivity contribution in [1.82, 2.24) is 10.2 Å². The molecule has 2 rings (SSSR count). The van der Waals surface area contributed by atoms with E-state index in [0.717, 1.165) is 11.1 Å². The molecule has 0 spiro atoms. The number of carbonyl (C=O) groups excluding carboxylic acids is 3. The van der Waals surface area contributed by atoms with E-state index in [4.69, 9.17) is 14.2 Å². The van der Waals surface area contributed by atoms with E-state index in [1.165, 1.54) is 12.0 Å². The summed E-state index contributed by atoms with van der Waals surface area (Å²) in [5.74, 6) is -0.695. The van der Waals surface area contributed by atoms with E-state index in [9.17, 15) is 14.4 Å². The van der Waals surface area contributed by atoms with E-state index < -0.39 is 29.8 Å². The van der Waals surface area contributed by atoms with Gasteiger partial charge in [0.1, 0.15) is 18.2 Å². The predicted octanol–water partition coefficient (Wildman–Crippen LogP) is 3.93. The van der Waals surface area contributed by atoms with Crippen molar-refractivity contribution in [3.63, 3.8) is 0 Å². The molecule has 8 heteroatoms. The maximum atomic E-state index is 12.8. The molecule has 0 fully saturated rings. The Morgan fingerprint density at radius 1 is 0.939 bits per heavy atom. The fraction of sp³-hybridized carbons (Fsp3) is 0.400. The van der Waals surface area contributed by atoms with Gasteiger partial charge in [0.05, 0.1) is 13.7 Å². The normalized spacial score (nSPS) is 11.8. The van der Waals surface area contributed by atoms with Crippen LogP contribution in [-0.4, -0.2) is 54.9 Å². The Hall–Kier alpha value is -3.55. The lowest BCUT2D eigenvalue weighted by Crippen LogP contribution is -2.51. The van der Waals surface area contributed by atoms with Gasteiger partial charge in [0.25, 0.3) is 0 Å². The number of nitrogens with one attached hydrogen (secondary N) is 1. The molecule has 0 bridgehead atoms. The largest absolute Gasteiger partial charge is 0.467 e. The number of esters is 1. The molecule has 0 aliphatic rings. The number of benzene rings is 2. The molecule has 178 valence electrons. The summed E-state index contributed by atoms with van der Waals surface area (Å²) < 4.78 is 15.5. The number of amides is 2. The van der Waals surface area contributed by atoms with E-state index in [1.807, 2.05) is 60.7 Å². The number of rotatable bonds is 9. The SMILES string of the molecule is COC(=O)[C@H](CN(CCc1ccccc1)C(=O)OC(C)(C)C)NC(=O)OCc1ccccc1. The summed E-state index contributed by atoms with van der Waals surface area (Å²) in [6, 6.07) is 17.7. The summed E-state index contributed by atoms with van der Waals surface area (Å²) >= 11 is 0. The van der Waals surface area contributed by atoms with Gasteiger partial charge in [0.2, 0.25) is 0 Å². The molecule has 0 aliphatic heterocycles. The van der Waals surface area contributed by atoms with Gasteiger partial charge >= 0.3 is 18.2 Å². The topological polar surface area (TPSA) is 94.2 Å². The summed E-state index contributed by atoms with van der Waals surface area (Å²) in [5, 5.41) is 2.50. The van der Waals surface area contributed by atoms with E-state index in [-0.39, 0.29) is 19.7 Å². The first-order chi connectivity index (χ1) is 15.7. The van der Waals surface area contributed by atoms with Gasteiger partial charge in [-0.05, 0) is 38.3 Å². The molecule has 8 nitrogen and oxygen atoms in total. The average Bonchev–Trinajstić information content (AvgIpc) is 2.79. The molecule has 33 heavy (non-hydrogen) atoms. The molecule has 0 radical (unpaired) electrons. The zero-order chi connectivity index (χ0) is 24.3. The van der Waals surface area contributed by atoms with Crippen LogP contribution in [0.3, 0.4) is 0 Å². The Morgan fingerprint density at radius 3 is 2.06 bits per heavy atom. The number of alkyl carbamates (subject to hydrolysis) is 1. The highest BCUT2D eigenvalue weighted by Crippen LogP contribution is 2.12. The zero-order valence-electron chi connectivity index (χ0n) is 19.6. The van der Waals surface area contributed by atoms with Gasteiger partial charge in [-0.2, -0.15) is 0 Å².